The smallest absolute Gasteiger partial charge is 0.244 e. The fourth-order valence-corrected chi connectivity index (χ4v) is 0.806. The standard InChI is InChI=1S/C9H16N2O2/c1-4-6-8(12)11-7(3)9(13)10-5-2/h4,6-7H,5H2,1-3H3,(H,10,13)(H,11,12). The highest BCUT2D eigenvalue weighted by atomic mass is 16.2. The summed E-state index contributed by atoms with van der Waals surface area (Å²) in [6.45, 7) is 5.80. The monoisotopic (exact) mass is 184 g/mol. The van der Waals surface area contributed by atoms with Gasteiger partial charge in [0, 0.05) is 6.54 Å². The summed E-state index contributed by atoms with van der Waals surface area (Å²) in [7, 11) is 0. The van der Waals surface area contributed by atoms with E-state index in [-0.39, 0.29) is 11.8 Å². The second-order valence-corrected chi connectivity index (χ2v) is 2.62. The molecule has 0 saturated carbocycles. The van der Waals surface area contributed by atoms with E-state index in [0.717, 1.165) is 0 Å². The number of carbonyl (C=O) groups excluding carboxylic acids is 2. The number of hydrogen-bond acceptors (Lipinski definition) is 2. The molecule has 1 unspecified atom stereocenters. The summed E-state index contributed by atoms with van der Waals surface area (Å²) < 4.78 is 0. The van der Waals surface area contributed by atoms with Gasteiger partial charge in [-0.15, -0.1) is 0 Å². The van der Waals surface area contributed by atoms with Gasteiger partial charge in [-0.25, -0.2) is 0 Å². The van der Waals surface area contributed by atoms with Crippen molar-refractivity contribution in [3.05, 3.63) is 12.2 Å². The first-order valence-corrected chi connectivity index (χ1v) is 4.32. The number of rotatable bonds is 4. The summed E-state index contributed by atoms with van der Waals surface area (Å²) in [5.74, 6) is -0.415. The van der Waals surface area contributed by atoms with Gasteiger partial charge in [0.05, 0.1) is 0 Å². The van der Waals surface area contributed by atoms with E-state index in [1.807, 2.05) is 6.92 Å². The Labute approximate surface area is 78.4 Å². The molecule has 4 heteroatoms. The quantitative estimate of drug-likeness (QED) is 0.613. The van der Waals surface area contributed by atoms with Gasteiger partial charge in [0.15, 0.2) is 0 Å². The summed E-state index contributed by atoms with van der Waals surface area (Å²) in [6.07, 6.45) is 3.01. The van der Waals surface area contributed by atoms with E-state index < -0.39 is 6.04 Å². The van der Waals surface area contributed by atoms with Gasteiger partial charge < -0.3 is 10.6 Å². The van der Waals surface area contributed by atoms with Crippen LogP contribution in [0.25, 0.3) is 0 Å². The predicted molar refractivity (Wildman–Crippen MR) is 51.1 cm³/mol. The summed E-state index contributed by atoms with van der Waals surface area (Å²) in [5, 5.41) is 5.14. The molecule has 4 nitrogen and oxygen atoms in total. The van der Waals surface area contributed by atoms with Crippen LogP contribution in [-0.2, 0) is 9.59 Å². The van der Waals surface area contributed by atoms with Crippen molar-refractivity contribution in [3.63, 3.8) is 0 Å². The molecule has 0 aromatic carbocycles. The highest BCUT2D eigenvalue weighted by molar-refractivity contribution is 5.92. The minimum atomic E-state index is -0.483. The normalized spacial score (nSPS) is 12.5. The highest BCUT2D eigenvalue weighted by Gasteiger charge is 2.12. The Hall–Kier alpha value is -1.32. The Morgan fingerprint density at radius 2 is 2.08 bits per heavy atom. The number of likely N-dealkylation sites (N-methyl/N-ethyl adjacent to an activating group) is 1. The number of carbonyl (C=O) groups is 2. The molecular weight excluding hydrogens is 168 g/mol. The number of allylic oxidation sites excluding steroid dienone is 1. The molecule has 0 aliphatic rings. The fourth-order valence-electron chi connectivity index (χ4n) is 0.806. The molecule has 2 amide bonds. The fraction of sp³-hybridized carbons (Fsp3) is 0.556. The van der Waals surface area contributed by atoms with E-state index in [0.29, 0.717) is 6.54 Å². The third-order valence-electron chi connectivity index (χ3n) is 1.42. The van der Waals surface area contributed by atoms with E-state index in [4.69, 9.17) is 0 Å². The van der Waals surface area contributed by atoms with Crippen LogP contribution in [0.15, 0.2) is 12.2 Å². The maximum absolute atomic E-state index is 11.1. The lowest BCUT2D eigenvalue weighted by Gasteiger charge is -2.11. The first-order valence-electron chi connectivity index (χ1n) is 4.32. The number of hydrogen-bond donors (Lipinski definition) is 2. The zero-order chi connectivity index (χ0) is 10.3. The minimum absolute atomic E-state index is 0.166. The first-order chi connectivity index (χ1) is 6.11. The zero-order valence-corrected chi connectivity index (χ0v) is 8.26. The van der Waals surface area contributed by atoms with E-state index in [2.05, 4.69) is 10.6 Å². The lowest BCUT2D eigenvalue weighted by molar-refractivity contribution is -0.126. The van der Waals surface area contributed by atoms with E-state index >= 15 is 0 Å². The van der Waals surface area contributed by atoms with E-state index in [9.17, 15) is 9.59 Å². The maximum Gasteiger partial charge on any atom is 0.244 e. The molecule has 0 aliphatic carbocycles. The molecule has 0 rings (SSSR count). The Balaban J connectivity index is 3.92. The molecule has 0 aliphatic heterocycles. The van der Waals surface area contributed by atoms with Gasteiger partial charge in [-0.3, -0.25) is 9.59 Å². The number of nitrogens with one attached hydrogen (secondary N) is 2. The molecule has 2 N–H and O–H groups in total. The third kappa shape index (κ3) is 5.00. The van der Waals surface area contributed by atoms with Crippen molar-refractivity contribution < 1.29 is 9.59 Å². The first kappa shape index (κ1) is 11.7. The van der Waals surface area contributed by atoms with Crippen LogP contribution in [0.5, 0.6) is 0 Å². The van der Waals surface area contributed by atoms with E-state index in [1.165, 1.54) is 6.08 Å². The maximum atomic E-state index is 11.1. The lowest BCUT2D eigenvalue weighted by atomic mass is 10.3. The third-order valence-corrected chi connectivity index (χ3v) is 1.42. The minimum Gasteiger partial charge on any atom is -0.355 e. The van der Waals surface area contributed by atoms with Crippen molar-refractivity contribution in [2.45, 2.75) is 26.8 Å². The van der Waals surface area contributed by atoms with Crippen LogP contribution in [0.3, 0.4) is 0 Å². The van der Waals surface area contributed by atoms with Gasteiger partial charge in [0.25, 0.3) is 0 Å². The van der Waals surface area contributed by atoms with Crippen LogP contribution in [0.4, 0.5) is 0 Å². The van der Waals surface area contributed by atoms with Crippen molar-refractivity contribution in [1.29, 1.82) is 0 Å². The van der Waals surface area contributed by atoms with Crippen LogP contribution in [-0.4, -0.2) is 24.4 Å². The molecule has 0 heterocycles. The van der Waals surface area contributed by atoms with Crippen LogP contribution in [0.2, 0.25) is 0 Å². The zero-order valence-electron chi connectivity index (χ0n) is 8.26. The predicted octanol–water partition coefficient (Wildman–Crippen LogP) is 0.203. The van der Waals surface area contributed by atoms with Gasteiger partial charge in [0.1, 0.15) is 6.04 Å². The van der Waals surface area contributed by atoms with Crippen molar-refractivity contribution in [3.8, 4) is 0 Å². The molecule has 0 saturated heterocycles. The van der Waals surface area contributed by atoms with Gasteiger partial charge in [-0.05, 0) is 26.8 Å². The molecule has 1 atom stereocenters. The topological polar surface area (TPSA) is 58.2 Å². The average molecular weight is 184 g/mol. The molecule has 0 spiro atoms. The van der Waals surface area contributed by atoms with Gasteiger partial charge >= 0.3 is 0 Å². The van der Waals surface area contributed by atoms with Crippen molar-refractivity contribution in [2.24, 2.45) is 0 Å². The van der Waals surface area contributed by atoms with Crippen LogP contribution >= 0.6 is 0 Å². The summed E-state index contributed by atoms with van der Waals surface area (Å²) >= 11 is 0. The van der Waals surface area contributed by atoms with Gasteiger partial charge in [0.2, 0.25) is 11.8 Å². The van der Waals surface area contributed by atoms with Crippen LogP contribution in [0.1, 0.15) is 20.8 Å². The summed E-state index contributed by atoms with van der Waals surface area (Å²) in [5.41, 5.74) is 0. The molecule has 0 bridgehead atoms. The van der Waals surface area contributed by atoms with Gasteiger partial charge in [-0.2, -0.15) is 0 Å². The summed E-state index contributed by atoms with van der Waals surface area (Å²) in [6, 6.07) is -0.483. The van der Waals surface area contributed by atoms with Crippen LogP contribution in [0, 0.1) is 0 Å². The molecule has 0 aromatic heterocycles. The highest BCUT2D eigenvalue weighted by Crippen LogP contribution is 1.83. The summed E-state index contributed by atoms with van der Waals surface area (Å²) in [4.78, 5) is 22.1. The Bertz CT molecular complexity index is 212. The van der Waals surface area contributed by atoms with Crippen molar-refractivity contribution in [1.82, 2.24) is 10.6 Å². The largest absolute Gasteiger partial charge is 0.355 e. The van der Waals surface area contributed by atoms with Crippen LogP contribution < -0.4 is 10.6 Å². The van der Waals surface area contributed by atoms with Crippen molar-refractivity contribution in [2.75, 3.05) is 6.54 Å². The molecule has 0 fully saturated rings. The Morgan fingerprint density at radius 1 is 1.46 bits per heavy atom. The second kappa shape index (κ2) is 6.22. The average Bonchev–Trinajstić information content (AvgIpc) is 2.05. The van der Waals surface area contributed by atoms with Gasteiger partial charge in [-0.1, -0.05) is 6.08 Å². The SMILES string of the molecule is CC=CC(=O)NC(C)C(=O)NCC. The number of amides is 2. The molecule has 0 radical (unpaired) electrons. The molecule has 13 heavy (non-hydrogen) atoms. The second-order valence-electron chi connectivity index (χ2n) is 2.62. The molecule has 0 aromatic rings. The Kier molecular flexibility index (Phi) is 5.59. The lowest BCUT2D eigenvalue weighted by Crippen LogP contribution is -2.44. The molecule has 74 valence electrons. The molecular formula is C9H16N2O2. The van der Waals surface area contributed by atoms with Crippen molar-refractivity contribution >= 4 is 11.8 Å². The van der Waals surface area contributed by atoms with E-state index in [1.54, 1.807) is 19.9 Å². The Morgan fingerprint density at radius 3 is 2.54 bits per heavy atom.